The van der Waals surface area contributed by atoms with E-state index in [1.165, 1.54) is 0 Å². The van der Waals surface area contributed by atoms with E-state index >= 15 is 0 Å². The highest BCUT2D eigenvalue weighted by Crippen LogP contribution is 2.38. The number of amidine groups is 2. The molecule has 0 saturated heterocycles. The van der Waals surface area contributed by atoms with Gasteiger partial charge in [-0.15, -0.1) is 0 Å². The van der Waals surface area contributed by atoms with Crippen LogP contribution in [-0.4, -0.2) is 26.6 Å². The zero-order chi connectivity index (χ0) is 28.8. The van der Waals surface area contributed by atoms with Crippen LogP contribution in [0, 0.1) is 0 Å². The number of allylic oxidation sites excluding steroid dienone is 4. The maximum absolute atomic E-state index is 5.09. The highest BCUT2D eigenvalue weighted by Gasteiger charge is 2.25. The van der Waals surface area contributed by atoms with E-state index in [2.05, 4.69) is 57.7 Å². The lowest BCUT2D eigenvalue weighted by Gasteiger charge is -2.03. The van der Waals surface area contributed by atoms with Gasteiger partial charge in [0, 0.05) is 43.1 Å². The van der Waals surface area contributed by atoms with Crippen LogP contribution in [0.2, 0.25) is 0 Å². The van der Waals surface area contributed by atoms with Crippen molar-refractivity contribution in [3.8, 4) is 0 Å². The lowest BCUT2D eigenvalue weighted by atomic mass is 10.1. The Hall–Kier alpha value is -5.76. The predicted octanol–water partition coefficient (Wildman–Crippen LogP) is 5.57. The fourth-order valence-corrected chi connectivity index (χ4v) is 5.60. The summed E-state index contributed by atoms with van der Waals surface area (Å²) in [6.07, 6.45) is 11.4. The highest BCUT2D eigenvalue weighted by molar-refractivity contribution is 6.26. The average Bonchev–Trinajstić information content (AvgIpc) is 3.72. The molecular formula is C34H28N8. The molecule has 42 heavy (non-hydrogen) atoms. The second kappa shape index (κ2) is 10.0. The van der Waals surface area contributed by atoms with Gasteiger partial charge in [0.1, 0.15) is 34.2 Å². The number of hydrogen-bond acceptors (Lipinski definition) is 5. The Labute approximate surface area is 241 Å². The van der Waals surface area contributed by atoms with Crippen molar-refractivity contribution in [1.82, 2.24) is 15.0 Å². The van der Waals surface area contributed by atoms with Crippen LogP contribution in [-0.2, 0) is 0 Å². The van der Waals surface area contributed by atoms with Crippen LogP contribution in [0.1, 0.15) is 13.8 Å². The zero-order valence-corrected chi connectivity index (χ0v) is 23.3. The van der Waals surface area contributed by atoms with Crippen molar-refractivity contribution in [3.05, 3.63) is 119 Å². The van der Waals surface area contributed by atoms with Gasteiger partial charge in [-0.2, -0.15) is 0 Å². The maximum atomic E-state index is 5.09. The van der Waals surface area contributed by atoms with Gasteiger partial charge in [0.25, 0.3) is 0 Å². The van der Waals surface area contributed by atoms with Crippen molar-refractivity contribution in [1.29, 1.82) is 0 Å². The minimum Gasteiger partial charge on any atom is -0.327 e. The van der Waals surface area contributed by atoms with Crippen molar-refractivity contribution >= 4 is 68.6 Å². The van der Waals surface area contributed by atoms with E-state index in [1.807, 2.05) is 62.4 Å². The van der Waals surface area contributed by atoms with Crippen LogP contribution in [0.5, 0.6) is 0 Å². The van der Waals surface area contributed by atoms with Crippen molar-refractivity contribution in [3.63, 3.8) is 0 Å². The van der Waals surface area contributed by atoms with Gasteiger partial charge in [-0.25, -0.2) is 20.0 Å². The summed E-state index contributed by atoms with van der Waals surface area (Å²) in [6, 6.07) is 16.3. The van der Waals surface area contributed by atoms with E-state index in [-0.39, 0.29) is 0 Å². The summed E-state index contributed by atoms with van der Waals surface area (Å²) in [5.41, 5.74) is 3.02. The van der Waals surface area contributed by atoms with Gasteiger partial charge in [-0.1, -0.05) is 98.1 Å². The molecule has 2 aliphatic rings. The Morgan fingerprint density at radius 2 is 1.14 bits per heavy atom. The normalized spacial score (nSPS) is 17.3. The second-order valence-electron chi connectivity index (χ2n) is 9.87. The van der Waals surface area contributed by atoms with E-state index in [4.69, 9.17) is 20.0 Å². The molecule has 0 fully saturated rings. The smallest absolute Gasteiger partial charge is 0.164 e. The molecule has 2 aromatic carbocycles. The van der Waals surface area contributed by atoms with Gasteiger partial charge in [0.15, 0.2) is 11.7 Å². The van der Waals surface area contributed by atoms with E-state index in [9.17, 15) is 0 Å². The lowest BCUT2D eigenvalue weighted by Crippen LogP contribution is -2.37. The van der Waals surface area contributed by atoms with Crippen LogP contribution in [0.4, 0.5) is 23.3 Å². The summed E-state index contributed by atoms with van der Waals surface area (Å²) in [5.74, 6) is 4.16. The highest BCUT2D eigenvalue weighted by atomic mass is 15.1. The number of hydrogen-bond donors (Lipinski definition) is 4. The third-order valence-corrected chi connectivity index (χ3v) is 7.47. The Kier molecular flexibility index (Phi) is 6.01. The molecule has 0 amide bonds. The number of anilines is 2. The molecule has 0 aliphatic carbocycles. The van der Waals surface area contributed by atoms with Crippen LogP contribution >= 0.6 is 0 Å². The van der Waals surface area contributed by atoms with Gasteiger partial charge < -0.3 is 20.3 Å². The van der Waals surface area contributed by atoms with Crippen molar-refractivity contribution < 1.29 is 0 Å². The lowest BCUT2D eigenvalue weighted by molar-refractivity contribution is 1.10. The molecular weight excluding hydrogens is 520 g/mol. The summed E-state index contributed by atoms with van der Waals surface area (Å²) >= 11 is 0. The molecule has 2 aliphatic heterocycles. The minimum absolute atomic E-state index is 0.539. The number of aromatic amines is 3. The first-order valence-electron chi connectivity index (χ1n) is 13.7. The first-order chi connectivity index (χ1) is 20.6. The monoisotopic (exact) mass is 548 g/mol. The molecule has 4 N–H and O–H groups in total. The molecule has 7 rings (SSSR count). The third-order valence-electron chi connectivity index (χ3n) is 7.47. The summed E-state index contributed by atoms with van der Waals surface area (Å²) in [4.78, 5) is 30.6. The Morgan fingerprint density at radius 3 is 1.74 bits per heavy atom. The molecule has 204 valence electrons. The van der Waals surface area contributed by atoms with Crippen molar-refractivity contribution in [2.75, 3.05) is 5.32 Å². The van der Waals surface area contributed by atoms with Gasteiger partial charge in [0.05, 0.1) is 0 Å². The Balaban J connectivity index is 1.65. The number of aliphatic imine (C=N–C) groups is 2. The molecule has 8 nitrogen and oxygen atoms in total. The first kappa shape index (κ1) is 25.2. The number of nitrogens with zero attached hydrogens (tertiary/aromatic N) is 4. The number of nitrogens with one attached hydrogen (secondary N) is 4. The van der Waals surface area contributed by atoms with Crippen LogP contribution in [0.3, 0.4) is 0 Å². The van der Waals surface area contributed by atoms with E-state index < -0.39 is 0 Å². The Morgan fingerprint density at radius 1 is 0.571 bits per heavy atom. The van der Waals surface area contributed by atoms with Crippen LogP contribution in [0.15, 0.2) is 117 Å². The Bertz CT molecular complexity index is 2330. The predicted molar refractivity (Wildman–Crippen MR) is 173 cm³/mol. The number of fused-ring (bicyclic) bond motifs is 13. The van der Waals surface area contributed by atoms with Gasteiger partial charge in [0.2, 0.25) is 0 Å². The summed E-state index contributed by atoms with van der Waals surface area (Å²) in [6.45, 7) is 11.8. The number of H-pyrrole nitrogens is 3. The fraction of sp³-hybridized carbons (Fsp3) is 0.0588. The third kappa shape index (κ3) is 3.92. The molecule has 5 aromatic rings. The standard InChI is InChI=1S/C34H28N8/c1-5-13-21-19(7-3)28-36-29(21)35-27-20(8-4)22(14-6-2)30(37-27)39-32-25-17-11-12-18-26(25)34(41-32)42-33-24-16-10-9-15-23(24)31(38-28)40-33/h5-18,40-42H,1-2H2,3-4H3,(H,35,36,37,38,39)/b19-7+,20-8+,21-13?,22-14+. The molecule has 0 spiro atoms. The summed E-state index contributed by atoms with van der Waals surface area (Å²) in [5, 5.41) is 9.37. The topological polar surface area (TPSA) is 109 Å². The maximum Gasteiger partial charge on any atom is 0.164 e. The van der Waals surface area contributed by atoms with Gasteiger partial charge >= 0.3 is 0 Å². The summed E-state index contributed by atoms with van der Waals surface area (Å²) < 4.78 is 0. The minimum atomic E-state index is 0.539. The molecule has 0 unspecified atom stereocenters. The zero-order valence-electron chi connectivity index (χ0n) is 23.3. The molecule has 0 saturated carbocycles. The number of rotatable bonds is 2. The molecule has 0 radical (unpaired) electrons. The molecule has 5 heterocycles. The van der Waals surface area contributed by atoms with Gasteiger partial charge in [-0.05, 0) is 13.8 Å². The molecule has 3 aromatic heterocycles. The fourth-order valence-electron chi connectivity index (χ4n) is 5.60. The molecule has 8 heteroatoms. The van der Waals surface area contributed by atoms with Crippen LogP contribution < -0.4 is 26.7 Å². The molecule has 8 bridgehead atoms. The van der Waals surface area contributed by atoms with Crippen LogP contribution in [0.25, 0.3) is 33.7 Å². The average molecular weight is 549 g/mol. The van der Waals surface area contributed by atoms with E-state index in [0.717, 1.165) is 54.8 Å². The molecule has 0 atom stereocenters. The van der Waals surface area contributed by atoms with Crippen molar-refractivity contribution in [2.45, 2.75) is 13.8 Å². The first-order valence-corrected chi connectivity index (χ1v) is 13.7. The quantitative estimate of drug-likeness (QED) is 0.227. The number of benzene rings is 2. The largest absolute Gasteiger partial charge is 0.327 e. The van der Waals surface area contributed by atoms with Crippen molar-refractivity contribution in [2.24, 2.45) is 20.0 Å². The van der Waals surface area contributed by atoms with E-state index in [1.54, 1.807) is 12.2 Å². The number of aromatic nitrogens is 3. The SMILES string of the molecule is C=CC=C1C2=NC(=Nc3[nH]c(c4ccccc34)Nc3[nH]c(c4ccccc34)N=c3[nH]c(c(=C/C)/c3=C\C=C)=N2)/C1=C/C. The summed E-state index contributed by atoms with van der Waals surface area (Å²) in [7, 11) is 0. The van der Waals surface area contributed by atoms with E-state index in [0.29, 0.717) is 34.3 Å². The van der Waals surface area contributed by atoms with Gasteiger partial charge in [-0.3, -0.25) is 0 Å². The second-order valence-corrected chi connectivity index (χ2v) is 9.87.